The van der Waals surface area contributed by atoms with Crippen LogP contribution in [0, 0.1) is 0 Å². The zero-order valence-electron chi connectivity index (χ0n) is 12.1. The van der Waals surface area contributed by atoms with Crippen LogP contribution in [0.5, 0.6) is 0 Å². The van der Waals surface area contributed by atoms with Crippen molar-refractivity contribution in [1.29, 1.82) is 0 Å². The molecule has 0 aromatic heterocycles. The summed E-state index contributed by atoms with van der Waals surface area (Å²) >= 11 is 0. The molecular formula is C13H26IN3O2. The van der Waals surface area contributed by atoms with Crippen LogP contribution in [0.3, 0.4) is 0 Å². The predicted molar refractivity (Wildman–Crippen MR) is 88.0 cm³/mol. The SMILES string of the molecule is CN=C(NCCC(=O)OC(C)C)NC1CCCC1.I. The van der Waals surface area contributed by atoms with Crippen molar-refractivity contribution in [3.05, 3.63) is 0 Å². The maximum Gasteiger partial charge on any atom is 0.307 e. The summed E-state index contributed by atoms with van der Waals surface area (Å²) in [4.78, 5) is 15.5. The fourth-order valence-electron chi connectivity index (χ4n) is 2.06. The van der Waals surface area contributed by atoms with Crippen molar-refractivity contribution in [3.8, 4) is 0 Å². The van der Waals surface area contributed by atoms with Gasteiger partial charge in [-0.3, -0.25) is 9.79 Å². The van der Waals surface area contributed by atoms with Crippen molar-refractivity contribution in [1.82, 2.24) is 10.6 Å². The van der Waals surface area contributed by atoms with Gasteiger partial charge < -0.3 is 15.4 Å². The summed E-state index contributed by atoms with van der Waals surface area (Å²) in [5.41, 5.74) is 0. The molecule has 0 amide bonds. The van der Waals surface area contributed by atoms with Crippen molar-refractivity contribution in [3.63, 3.8) is 0 Å². The zero-order valence-corrected chi connectivity index (χ0v) is 14.4. The van der Waals surface area contributed by atoms with Gasteiger partial charge in [0.1, 0.15) is 0 Å². The van der Waals surface area contributed by atoms with E-state index in [1.807, 2.05) is 13.8 Å². The van der Waals surface area contributed by atoms with E-state index < -0.39 is 0 Å². The number of nitrogens with one attached hydrogen (secondary N) is 2. The number of hydrogen-bond donors (Lipinski definition) is 2. The first-order valence-corrected chi connectivity index (χ1v) is 6.78. The molecule has 1 aliphatic rings. The molecule has 0 atom stereocenters. The Morgan fingerprint density at radius 3 is 2.53 bits per heavy atom. The van der Waals surface area contributed by atoms with Gasteiger partial charge in [-0.15, -0.1) is 24.0 Å². The fourth-order valence-corrected chi connectivity index (χ4v) is 2.06. The van der Waals surface area contributed by atoms with Gasteiger partial charge in [0.25, 0.3) is 0 Å². The number of rotatable bonds is 5. The Bertz CT molecular complexity index is 290. The molecule has 6 heteroatoms. The summed E-state index contributed by atoms with van der Waals surface area (Å²) in [5, 5.41) is 6.51. The van der Waals surface area contributed by atoms with E-state index in [-0.39, 0.29) is 36.0 Å². The average molecular weight is 383 g/mol. The molecule has 1 rings (SSSR count). The molecule has 19 heavy (non-hydrogen) atoms. The zero-order chi connectivity index (χ0) is 13.4. The molecule has 112 valence electrons. The Hall–Kier alpha value is -0.530. The summed E-state index contributed by atoms with van der Waals surface area (Å²) in [6.07, 6.45) is 5.30. The van der Waals surface area contributed by atoms with Crippen molar-refractivity contribution in [2.75, 3.05) is 13.6 Å². The van der Waals surface area contributed by atoms with Gasteiger partial charge in [-0.25, -0.2) is 0 Å². The lowest BCUT2D eigenvalue weighted by Gasteiger charge is -2.16. The normalized spacial score (nSPS) is 16.1. The van der Waals surface area contributed by atoms with Gasteiger partial charge in [-0.2, -0.15) is 0 Å². The van der Waals surface area contributed by atoms with Crippen LogP contribution in [-0.2, 0) is 9.53 Å². The molecule has 0 saturated heterocycles. The van der Waals surface area contributed by atoms with E-state index in [0.717, 1.165) is 5.96 Å². The van der Waals surface area contributed by atoms with Crippen LogP contribution in [0.4, 0.5) is 0 Å². The van der Waals surface area contributed by atoms with E-state index in [1.165, 1.54) is 25.7 Å². The second-order valence-electron chi connectivity index (χ2n) is 4.91. The fraction of sp³-hybridized carbons (Fsp3) is 0.846. The third kappa shape index (κ3) is 8.28. The van der Waals surface area contributed by atoms with Crippen molar-refractivity contribution < 1.29 is 9.53 Å². The van der Waals surface area contributed by atoms with Gasteiger partial charge >= 0.3 is 5.97 Å². The minimum atomic E-state index is -0.172. The molecule has 0 aromatic carbocycles. The molecule has 0 unspecified atom stereocenters. The van der Waals surface area contributed by atoms with Gasteiger partial charge in [0.15, 0.2) is 5.96 Å². The number of hydrogen-bond acceptors (Lipinski definition) is 3. The minimum Gasteiger partial charge on any atom is -0.463 e. The Morgan fingerprint density at radius 2 is 2.00 bits per heavy atom. The lowest BCUT2D eigenvalue weighted by molar-refractivity contribution is -0.147. The molecule has 0 spiro atoms. The summed E-state index contributed by atoms with van der Waals surface area (Å²) in [7, 11) is 1.75. The maximum atomic E-state index is 11.3. The summed E-state index contributed by atoms with van der Waals surface area (Å²) in [6, 6.07) is 0.527. The van der Waals surface area contributed by atoms with Crippen molar-refractivity contribution in [2.45, 2.75) is 58.1 Å². The standard InChI is InChI=1S/C13H25N3O2.HI/c1-10(2)18-12(17)8-9-15-13(14-3)16-11-6-4-5-7-11;/h10-11H,4-9H2,1-3H3,(H2,14,15,16);1H. The Morgan fingerprint density at radius 1 is 1.37 bits per heavy atom. The third-order valence-electron chi connectivity index (χ3n) is 2.91. The summed E-state index contributed by atoms with van der Waals surface area (Å²) in [5.74, 6) is 0.605. The Balaban J connectivity index is 0.00000324. The second-order valence-corrected chi connectivity index (χ2v) is 4.91. The van der Waals surface area contributed by atoms with E-state index in [9.17, 15) is 4.79 Å². The molecule has 0 heterocycles. The van der Waals surface area contributed by atoms with Gasteiger partial charge in [-0.1, -0.05) is 12.8 Å². The first-order valence-electron chi connectivity index (χ1n) is 6.78. The molecule has 5 nitrogen and oxygen atoms in total. The van der Waals surface area contributed by atoms with Crippen molar-refractivity contribution in [2.24, 2.45) is 4.99 Å². The number of carbonyl (C=O) groups is 1. The number of guanidine groups is 1. The van der Waals surface area contributed by atoms with Crippen LogP contribution >= 0.6 is 24.0 Å². The quantitative estimate of drug-likeness (QED) is 0.330. The van der Waals surface area contributed by atoms with E-state index in [0.29, 0.717) is 19.0 Å². The average Bonchev–Trinajstić information content (AvgIpc) is 2.79. The third-order valence-corrected chi connectivity index (χ3v) is 2.91. The number of nitrogens with zero attached hydrogens (tertiary/aromatic N) is 1. The highest BCUT2D eigenvalue weighted by Gasteiger charge is 2.15. The number of esters is 1. The van der Waals surface area contributed by atoms with Crippen LogP contribution in [-0.4, -0.2) is 37.7 Å². The van der Waals surface area contributed by atoms with Crippen LogP contribution in [0.2, 0.25) is 0 Å². The highest BCUT2D eigenvalue weighted by Crippen LogP contribution is 2.17. The summed E-state index contributed by atoms with van der Waals surface area (Å²) < 4.78 is 5.06. The lowest BCUT2D eigenvalue weighted by Crippen LogP contribution is -2.43. The topological polar surface area (TPSA) is 62.7 Å². The molecular weight excluding hydrogens is 357 g/mol. The molecule has 1 saturated carbocycles. The first kappa shape index (κ1) is 18.5. The largest absolute Gasteiger partial charge is 0.463 e. The van der Waals surface area contributed by atoms with Crippen LogP contribution in [0.1, 0.15) is 46.0 Å². The Kier molecular flexibility index (Phi) is 9.99. The molecule has 0 aliphatic heterocycles. The molecule has 1 aliphatic carbocycles. The number of halogens is 1. The maximum absolute atomic E-state index is 11.3. The van der Waals surface area contributed by atoms with Crippen LogP contribution < -0.4 is 10.6 Å². The molecule has 2 N–H and O–H groups in total. The highest BCUT2D eigenvalue weighted by atomic mass is 127. The van der Waals surface area contributed by atoms with Gasteiger partial charge in [0.05, 0.1) is 12.5 Å². The van der Waals surface area contributed by atoms with Gasteiger partial charge in [0, 0.05) is 19.6 Å². The first-order chi connectivity index (χ1) is 8.61. The lowest BCUT2D eigenvalue weighted by atomic mass is 10.2. The van der Waals surface area contributed by atoms with Crippen molar-refractivity contribution >= 4 is 35.9 Å². The second kappa shape index (κ2) is 10.3. The molecule has 0 aromatic rings. The number of aliphatic imine (C=N–C) groups is 1. The van der Waals surface area contributed by atoms with E-state index in [4.69, 9.17) is 4.74 Å². The van der Waals surface area contributed by atoms with Crippen LogP contribution in [0.15, 0.2) is 4.99 Å². The number of ether oxygens (including phenoxy) is 1. The summed E-state index contributed by atoms with van der Waals surface area (Å²) in [6.45, 7) is 4.26. The number of carbonyl (C=O) groups excluding carboxylic acids is 1. The van der Waals surface area contributed by atoms with E-state index in [2.05, 4.69) is 15.6 Å². The van der Waals surface area contributed by atoms with Gasteiger partial charge in [0.2, 0.25) is 0 Å². The monoisotopic (exact) mass is 383 g/mol. The smallest absolute Gasteiger partial charge is 0.307 e. The molecule has 0 radical (unpaired) electrons. The molecule has 1 fully saturated rings. The molecule has 0 bridgehead atoms. The minimum absolute atomic E-state index is 0. The Labute approximate surface area is 133 Å². The van der Waals surface area contributed by atoms with E-state index >= 15 is 0 Å². The van der Waals surface area contributed by atoms with Gasteiger partial charge in [-0.05, 0) is 26.7 Å². The van der Waals surface area contributed by atoms with Crippen LogP contribution in [0.25, 0.3) is 0 Å². The van der Waals surface area contributed by atoms with E-state index in [1.54, 1.807) is 7.05 Å². The predicted octanol–water partition coefficient (Wildman–Crippen LogP) is 2.05. The highest BCUT2D eigenvalue weighted by molar-refractivity contribution is 14.0.